The Bertz CT molecular complexity index is 378. The first-order valence-corrected chi connectivity index (χ1v) is 6.92. The Morgan fingerprint density at radius 2 is 1.72 bits per heavy atom. The molecule has 0 radical (unpaired) electrons. The summed E-state index contributed by atoms with van der Waals surface area (Å²) < 4.78 is 5.35. The molecule has 1 aliphatic carbocycles. The van der Waals surface area contributed by atoms with E-state index in [1.54, 1.807) is 7.11 Å². The first-order chi connectivity index (χ1) is 8.61. The van der Waals surface area contributed by atoms with Crippen LogP contribution in [0.1, 0.15) is 44.8 Å². The van der Waals surface area contributed by atoms with Crippen LogP contribution in [0.3, 0.4) is 0 Å². The SMILES string of the molecule is COc1ccccc1C(O)C1CC(C)CC(C)C1. The lowest BCUT2D eigenvalue weighted by Crippen LogP contribution is -2.24. The van der Waals surface area contributed by atoms with Gasteiger partial charge < -0.3 is 9.84 Å². The molecule has 1 N–H and O–H groups in total. The molecule has 100 valence electrons. The van der Waals surface area contributed by atoms with Crippen molar-refractivity contribution in [3.8, 4) is 5.75 Å². The topological polar surface area (TPSA) is 29.5 Å². The van der Waals surface area contributed by atoms with E-state index in [9.17, 15) is 5.11 Å². The number of benzene rings is 1. The fraction of sp³-hybridized carbons (Fsp3) is 0.625. The van der Waals surface area contributed by atoms with Gasteiger partial charge in [0.2, 0.25) is 0 Å². The van der Waals surface area contributed by atoms with E-state index in [0.29, 0.717) is 17.8 Å². The van der Waals surface area contributed by atoms with E-state index >= 15 is 0 Å². The lowest BCUT2D eigenvalue weighted by molar-refractivity contribution is 0.0534. The molecule has 0 spiro atoms. The quantitative estimate of drug-likeness (QED) is 0.881. The highest BCUT2D eigenvalue weighted by molar-refractivity contribution is 5.35. The molecule has 18 heavy (non-hydrogen) atoms. The molecule has 1 saturated carbocycles. The minimum absolute atomic E-state index is 0.361. The normalized spacial score (nSPS) is 29.9. The summed E-state index contributed by atoms with van der Waals surface area (Å²) in [7, 11) is 1.66. The number of rotatable bonds is 3. The number of hydrogen-bond donors (Lipinski definition) is 1. The first kappa shape index (κ1) is 13.4. The number of aliphatic hydroxyl groups is 1. The fourth-order valence-electron chi connectivity index (χ4n) is 3.43. The molecule has 0 saturated heterocycles. The monoisotopic (exact) mass is 248 g/mol. The maximum Gasteiger partial charge on any atom is 0.124 e. The Labute approximate surface area is 110 Å². The molecule has 1 fully saturated rings. The largest absolute Gasteiger partial charge is 0.496 e. The molecular formula is C16H24O2. The van der Waals surface area contributed by atoms with Gasteiger partial charge in [0.15, 0.2) is 0 Å². The molecule has 2 heteroatoms. The van der Waals surface area contributed by atoms with Crippen molar-refractivity contribution in [2.24, 2.45) is 17.8 Å². The average Bonchev–Trinajstić information content (AvgIpc) is 2.36. The van der Waals surface area contributed by atoms with Gasteiger partial charge in [0.1, 0.15) is 5.75 Å². The van der Waals surface area contributed by atoms with Gasteiger partial charge in [-0.3, -0.25) is 0 Å². The van der Waals surface area contributed by atoms with Crippen LogP contribution in [0.15, 0.2) is 24.3 Å². The molecule has 1 aromatic rings. The van der Waals surface area contributed by atoms with Crippen LogP contribution >= 0.6 is 0 Å². The third-order valence-electron chi connectivity index (χ3n) is 4.12. The fourth-order valence-corrected chi connectivity index (χ4v) is 3.43. The van der Waals surface area contributed by atoms with E-state index in [1.165, 1.54) is 6.42 Å². The Hall–Kier alpha value is -1.02. The van der Waals surface area contributed by atoms with E-state index in [0.717, 1.165) is 24.2 Å². The van der Waals surface area contributed by atoms with Crippen molar-refractivity contribution in [3.63, 3.8) is 0 Å². The summed E-state index contributed by atoms with van der Waals surface area (Å²) in [6.07, 6.45) is 3.12. The van der Waals surface area contributed by atoms with Crippen LogP contribution in [0.25, 0.3) is 0 Å². The van der Waals surface area contributed by atoms with Crippen molar-refractivity contribution in [2.75, 3.05) is 7.11 Å². The zero-order chi connectivity index (χ0) is 13.1. The van der Waals surface area contributed by atoms with E-state index in [-0.39, 0.29) is 0 Å². The summed E-state index contributed by atoms with van der Waals surface area (Å²) in [5, 5.41) is 10.6. The summed E-state index contributed by atoms with van der Waals surface area (Å²) in [4.78, 5) is 0. The second-order valence-electron chi connectivity index (χ2n) is 5.86. The Morgan fingerprint density at radius 3 is 2.33 bits per heavy atom. The average molecular weight is 248 g/mol. The van der Waals surface area contributed by atoms with Crippen LogP contribution in [-0.4, -0.2) is 12.2 Å². The number of para-hydroxylation sites is 1. The summed E-state index contributed by atoms with van der Waals surface area (Å²) in [6, 6.07) is 7.82. The van der Waals surface area contributed by atoms with E-state index in [1.807, 2.05) is 24.3 Å². The summed E-state index contributed by atoms with van der Waals surface area (Å²) in [6.45, 7) is 4.58. The molecule has 0 aromatic heterocycles. The summed E-state index contributed by atoms with van der Waals surface area (Å²) >= 11 is 0. The van der Waals surface area contributed by atoms with Gasteiger partial charge in [-0.15, -0.1) is 0 Å². The smallest absolute Gasteiger partial charge is 0.124 e. The predicted octanol–water partition coefficient (Wildman–Crippen LogP) is 3.80. The first-order valence-electron chi connectivity index (χ1n) is 6.92. The number of ether oxygens (including phenoxy) is 1. The lowest BCUT2D eigenvalue weighted by atomic mass is 9.73. The maximum atomic E-state index is 10.6. The number of methoxy groups -OCH3 is 1. The van der Waals surface area contributed by atoms with Gasteiger partial charge in [0.05, 0.1) is 13.2 Å². The third kappa shape index (κ3) is 2.86. The van der Waals surface area contributed by atoms with Crippen LogP contribution in [-0.2, 0) is 0 Å². The maximum absolute atomic E-state index is 10.6. The molecule has 0 aliphatic heterocycles. The van der Waals surface area contributed by atoms with Gasteiger partial charge in [-0.05, 0) is 43.1 Å². The molecule has 1 aromatic carbocycles. The van der Waals surface area contributed by atoms with Crippen molar-refractivity contribution in [1.29, 1.82) is 0 Å². The minimum atomic E-state index is -0.397. The van der Waals surface area contributed by atoms with E-state index in [4.69, 9.17) is 4.74 Å². The third-order valence-corrected chi connectivity index (χ3v) is 4.12. The highest BCUT2D eigenvalue weighted by Gasteiger charge is 2.30. The molecule has 0 heterocycles. The Kier molecular flexibility index (Phi) is 4.28. The second-order valence-corrected chi connectivity index (χ2v) is 5.86. The number of hydrogen-bond acceptors (Lipinski definition) is 2. The van der Waals surface area contributed by atoms with Gasteiger partial charge in [0.25, 0.3) is 0 Å². The van der Waals surface area contributed by atoms with Crippen molar-refractivity contribution < 1.29 is 9.84 Å². The van der Waals surface area contributed by atoms with Crippen LogP contribution in [0, 0.1) is 17.8 Å². The molecule has 0 amide bonds. The lowest BCUT2D eigenvalue weighted by Gasteiger charge is -2.34. The summed E-state index contributed by atoms with van der Waals surface area (Å²) in [5.74, 6) is 2.59. The standard InChI is InChI=1S/C16H24O2/c1-11-8-12(2)10-13(9-11)16(17)14-6-4-5-7-15(14)18-3/h4-7,11-13,16-17H,8-10H2,1-3H3. The zero-order valence-corrected chi connectivity index (χ0v) is 11.6. The Balaban J connectivity index is 2.17. The molecule has 2 rings (SSSR count). The highest BCUT2D eigenvalue weighted by Crippen LogP contribution is 2.41. The van der Waals surface area contributed by atoms with Gasteiger partial charge >= 0.3 is 0 Å². The van der Waals surface area contributed by atoms with E-state index < -0.39 is 6.10 Å². The van der Waals surface area contributed by atoms with Gasteiger partial charge in [-0.1, -0.05) is 32.0 Å². The van der Waals surface area contributed by atoms with E-state index in [2.05, 4.69) is 13.8 Å². The predicted molar refractivity (Wildman–Crippen MR) is 73.6 cm³/mol. The highest BCUT2D eigenvalue weighted by atomic mass is 16.5. The van der Waals surface area contributed by atoms with Crippen molar-refractivity contribution in [3.05, 3.63) is 29.8 Å². The van der Waals surface area contributed by atoms with Crippen molar-refractivity contribution in [1.82, 2.24) is 0 Å². The molecule has 3 atom stereocenters. The zero-order valence-electron chi connectivity index (χ0n) is 11.6. The molecule has 1 aliphatic rings. The van der Waals surface area contributed by atoms with Gasteiger partial charge in [-0.25, -0.2) is 0 Å². The molecule has 2 nitrogen and oxygen atoms in total. The van der Waals surface area contributed by atoms with Gasteiger partial charge in [0, 0.05) is 5.56 Å². The van der Waals surface area contributed by atoms with Crippen LogP contribution < -0.4 is 4.74 Å². The van der Waals surface area contributed by atoms with Crippen LogP contribution in [0.4, 0.5) is 0 Å². The molecule has 0 bridgehead atoms. The number of aliphatic hydroxyl groups excluding tert-OH is 1. The van der Waals surface area contributed by atoms with Crippen LogP contribution in [0.2, 0.25) is 0 Å². The summed E-state index contributed by atoms with van der Waals surface area (Å²) in [5.41, 5.74) is 0.936. The Morgan fingerprint density at radius 1 is 1.11 bits per heavy atom. The molecule has 3 unspecified atom stereocenters. The van der Waals surface area contributed by atoms with Crippen molar-refractivity contribution >= 4 is 0 Å². The van der Waals surface area contributed by atoms with Crippen LogP contribution in [0.5, 0.6) is 5.75 Å². The minimum Gasteiger partial charge on any atom is -0.496 e. The van der Waals surface area contributed by atoms with Crippen molar-refractivity contribution in [2.45, 2.75) is 39.2 Å². The second kappa shape index (κ2) is 5.75. The molecular weight excluding hydrogens is 224 g/mol. The van der Waals surface area contributed by atoms with Gasteiger partial charge in [-0.2, -0.15) is 0 Å².